The third kappa shape index (κ3) is 40.1. The van der Waals surface area contributed by atoms with E-state index in [0.29, 0.717) is 16.9 Å². The normalized spacial score (nSPS) is 10.9. The van der Waals surface area contributed by atoms with Gasteiger partial charge in [-0.15, -0.1) is 0 Å². The van der Waals surface area contributed by atoms with Crippen LogP contribution in [0.4, 0.5) is 0 Å². The quantitative estimate of drug-likeness (QED) is 0.0130. The van der Waals surface area contributed by atoms with Crippen LogP contribution in [-0.2, 0) is 76.0 Å². The average molecular weight is 1000 g/mol. The zero-order chi connectivity index (χ0) is 52.2. The van der Waals surface area contributed by atoms with Crippen molar-refractivity contribution in [3.05, 3.63) is 73.1 Å². The summed E-state index contributed by atoms with van der Waals surface area (Å²) in [6, 6.07) is 0. The molecule has 0 rings (SSSR count). The number of hydrogen-bond donors (Lipinski definition) is 4. The summed E-state index contributed by atoms with van der Waals surface area (Å²) >= 11 is 4.87. The van der Waals surface area contributed by atoms with Crippen LogP contribution in [0.15, 0.2) is 73.1 Å². The lowest BCUT2D eigenvalue weighted by Gasteiger charge is -2.33. The number of aliphatic hydroxyl groups is 4. The Labute approximate surface area is 407 Å². The highest BCUT2D eigenvalue weighted by Gasteiger charge is 2.34. The highest BCUT2D eigenvalue weighted by atomic mass is 35.5. The highest BCUT2D eigenvalue weighted by Crippen LogP contribution is 2.22. The summed E-state index contributed by atoms with van der Waals surface area (Å²) in [5, 5.41) is 34.7. The summed E-state index contributed by atoms with van der Waals surface area (Å²) in [7, 11) is 0. The van der Waals surface area contributed by atoms with E-state index in [9.17, 15) is 19.2 Å². The Morgan fingerprint density at radius 1 is 0.353 bits per heavy atom. The number of rotatable bonds is 42. The van der Waals surface area contributed by atoms with Gasteiger partial charge in [0.2, 0.25) is 5.24 Å². The van der Waals surface area contributed by atoms with Gasteiger partial charge in [0.25, 0.3) is 0 Å². The minimum Gasteiger partial charge on any atom is -0.492 e. The van der Waals surface area contributed by atoms with Crippen molar-refractivity contribution in [2.24, 2.45) is 10.8 Å². The summed E-state index contributed by atoms with van der Waals surface area (Å²) in [5.74, 6) is -1.08. The number of aliphatic hydroxyl groups excluding tert-OH is 4. The van der Waals surface area contributed by atoms with Crippen LogP contribution < -0.4 is 0 Å². The first kappa shape index (κ1) is 68.4. The first-order valence-electron chi connectivity index (χ1n) is 21.6. The predicted octanol–water partition coefficient (Wildman–Crippen LogP) is 2.84. The molecular weight excluding hydrogens is 920 g/mol. The first-order chi connectivity index (χ1) is 32.2. The Morgan fingerprint density at radius 2 is 0.559 bits per heavy atom. The van der Waals surface area contributed by atoms with Gasteiger partial charge in [-0.05, 0) is 51.8 Å². The maximum atomic E-state index is 11.6. The molecule has 0 aliphatic carbocycles. The molecule has 0 radical (unpaired) electrons. The molecule has 0 atom stereocenters. The van der Waals surface area contributed by atoms with Crippen LogP contribution in [0.25, 0.3) is 0 Å². The monoisotopic (exact) mass is 998 g/mol. The van der Waals surface area contributed by atoms with Crippen molar-refractivity contribution in [3.63, 3.8) is 0 Å². The Bertz CT molecular complexity index is 1270. The molecule has 4 N–H and O–H groups in total. The van der Waals surface area contributed by atoms with Crippen LogP contribution >= 0.6 is 11.6 Å². The molecule has 394 valence electrons. The molecule has 0 saturated heterocycles. The molecule has 0 bridgehead atoms. The molecule has 0 aliphatic heterocycles. The third-order valence-electron chi connectivity index (χ3n) is 7.95. The molecule has 0 aromatic heterocycles. The number of ether oxygens (including phenoxy) is 12. The molecular formula is C47H79ClO20. The summed E-state index contributed by atoms with van der Waals surface area (Å²) in [5.41, 5.74) is 0.482. The number of carbonyl (C=O) groups excluding carboxylic acids is 4. The molecule has 68 heavy (non-hydrogen) atoms. The molecule has 0 fully saturated rings. The van der Waals surface area contributed by atoms with Crippen molar-refractivity contribution in [2.75, 3.05) is 159 Å². The van der Waals surface area contributed by atoms with E-state index in [1.54, 1.807) is 34.6 Å². The largest absolute Gasteiger partial charge is 0.492 e. The van der Waals surface area contributed by atoms with Gasteiger partial charge in [-0.2, -0.15) is 0 Å². The first-order valence-corrected chi connectivity index (χ1v) is 21.9. The van der Waals surface area contributed by atoms with E-state index in [1.807, 2.05) is 0 Å². The van der Waals surface area contributed by atoms with Crippen molar-refractivity contribution in [1.29, 1.82) is 0 Å². The van der Waals surface area contributed by atoms with Gasteiger partial charge < -0.3 is 77.3 Å². The van der Waals surface area contributed by atoms with Crippen LogP contribution in [-0.4, -0.2) is 202 Å². The van der Waals surface area contributed by atoms with E-state index in [1.165, 1.54) is 0 Å². The van der Waals surface area contributed by atoms with E-state index in [2.05, 4.69) is 39.5 Å². The fourth-order valence-corrected chi connectivity index (χ4v) is 4.36. The van der Waals surface area contributed by atoms with Crippen molar-refractivity contribution in [1.82, 2.24) is 0 Å². The molecule has 0 heterocycles. The minimum atomic E-state index is -0.833. The number of halogens is 1. The Balaban J connectivity index is -0.00000129. The summed E-state index contributed by atoms with van der Waals surface area (Å²) in [6.07, 6.45) is 0. The van der Waals surface area contributed by atoms with Gasteiger partial charge in [-0.25, -0.2) is 14.4 Å². The smallest absolute Gasteiger partial charge is 0.333 e. The maximum absolute atomic E-state index is 11.6. The van der Waals surface area contributed by atoms with Crippen LogP contribution in [0.2, 0.25) is 0 Å². The minimum absolute atomic E-state index is 0.0227. The van der Waals surface area contributed by atoms with Crippen LogP contribution in [0.5, 0.6) is 0 Å². The molecule has 0 amide bonds. The second-order valence-electron chi connectivity index (χ2n) is 15.2. The number of allylic oxidation sites excluding steroid dienone is 2. The Morgan fingerprint density at radius 3 is 0.735 bits per heavy atom. The van der Waals surface area contributed by atoms with Gasteiger partial charge in [0.05, 0.1) is 143 Å². The Kier molecular flexibility index (Phi) is 44.6. The van der Waals surface area contributed by atoms with Gasteiger partial charge in [-0.1, -0.05) is 39.5 Å². The second-order valence-corrected chi connectivity index (χ2v) is 15.5. The topological polar surface area (TPSA) is 260 Å². The van der Waals surface area contributed by atoms with Gasteiger partial charge >= 0.3 is 17.9 Å². The van der Waals surface area contributed by atoms with Crippen LogP contribution in [0, 0.1) is 10.8 Å². The van der Waals surface area contributed by atoms with Crippen molar-refractivity contribution in [2.45, 2.75) is 34.6 Å². The number of hydrogen-bond acceptors (Lipinski definition) is 20. The lowest BCUT2D eigenvalue weighted by Crippen LogP contribution is -2.43. The van der Waals surface area contributed by atoms with Crippen molar-refractivity contribution >= 4 is 34.8 Å². The van der Waals surface area contributed by atoms with Gasteiger partial charge in [0.15, 0.2) is 0 Å². The number of esters is 3. The SMILES string of the molecule is C=C(C)C(=C)OCCOCC(COCCOC(=O)C(=C)C)(COCCOC(=O)C(=C)C)COCCOC(=O)C(=C)C.C=C(C)C(=O)Cl.OCCOCC(COCCO)(COCCO)COCCO. The molecule has 0 unspecified atom stereocenters. The van der Waals surface area contributed by atoms with E-state index < -0.39 is 34.0 Å². The highest BCUT2D eigenvalue weighted by molar-refractivity contribution is 6.67. The molecule has 0 aromatic carbocycles. The fraction of sp³-hybridized carbons (Fsp3) is 0.660. The number of carbonyl (C=O) groups is 4. The van der Waals surface area contributed by atoms with Gasteiger partial charge in [-0.3, -0.25) is 4.79 Å². The molecule has 0 saturated carbocycles. The van der Waals surface area contributed by atoms with Crippen molar-refractivity contribution < 1.29 is 96.4 Å². The third-order valence-corrected chi connectivity index (χ3v) is 8.27. The van der Waals surface area contributed by atoms with Crippen molar-refractivity contribution in [3.8, 4) is 0 Å². The lowest BCUT2D eigenvalue weighted by molar-refractivity contribution is -0.146. The zero-order valence-corrected chi connectivity index (χ0v) is 41.7. The fourth-order valence-electron chi connectivity index (χ4n) is 4.36. The lowest BCUT2D eigenvalue weighted by atomic mass is 9.92. The zero-order valence-electron chi connectivity index (χ0n) is 40.9. The molecule has 21 heteroatoms. The summed E-state index contributed by atoms with van der Waals surface area (Å²) < 4.78 is 65.5. The van der Waals surface area contributed by atoms with Crippen LogP contribution in [0.3, 0.4) is 0 Å². The molecule has 0 aromatic rings. The van der Waals surface area contributed by atoms with E-state index >= 15 is 0 Å². The van der Waals surface area contributed by atoms with Crippen LogP contribution in [0.1, 0.15) is 34.6 Å². The maximum Gasteiger partial charge on any atom is 0.333 e. The molecule has 20 nitrogen and oxygen atoms in total. The standard InChI is InChI=1S/C30H46O11.C13H28O8.C4H5ClO/c1-22(2)26(9)38-14-10-34-18-30(19-35-11-15-39-27(31)23(3)4,20-36-12-16-40-28(32)24(5)6)21-37-13-17-41-29(33)25(7)8;14-1-5-18-9-13(10-19-6-2-15,11-20-7-3-16)12-21-8-4-17;1-3(2)4(5)6/h1,3,5,7,9-21H2,2,4,6,8H3;14-17H,1-12H2;1H2,2H3. The summed E-state index contributed by atoms with van der Waals surface area (Å²) in [4.78, 5) is 44.7. The molecule has 0 spiro atoms. The Hall–Kier alpha value is -3.87. The van der Waals surface area contributed by atoms with E-state index in [0.717, 1.165) is 0 Å². The molecule has 0 aliphatic rings. The predicted molar refractivity (Wildman–Crippen MR) is 253 cm³/mol. The average Bonchev–Trinajstić information content (AvgIpc) is 3.28. The van der Waals surface area contributed by atoms with Gasteiger partial charge in [0.1, 0.15) is 32.2 Å². The van der Waals surface area contributed by atoms with E-state index in [-0.39, 0.29) is 175 Å². The second kappa shape index (κ2) is 44.3. The van der Waals surface area contributed by atoms with Gasteiger partial charge in [0, 0.05) is 22.3 Å². The summed E-state index contributed by atoms with van der Waals surface area (Å²) in [6.45, 7) is 32.1. The van der Waals surface area contributed by atoms with E-state index in [4.69, 9.17) is 88.9 Å².